The number of rotatable bonds is 5. The molecule has 0 unspecified atom stereocenters. The van der Waals surface area contributed by atoms with E-state index in [1.54, 1.807) is 0 Å². The first-order valence-electron chi connectivity index (χ1n) is 7.29. The van der Waals surface area contributed by atoms with Gasteiger partial charge >= 0.3 is 0 Å². The van der Waals surface area contributed by atoms with E-state index in [9.17, 15) is 8.42 Å². The SMILES string of the molecule is CCNC(=NCC1(S(C)(=O)=O)CCOCC1)NC1CC1. The van der Waals surface area contributed by atoms with Crippen molar-refractivity contribution in [1.82, 2.24) is 10.6 Å². The second-order valence-corrected chi connectivity index (χ2v) is 8.09. The molecule has 0 atom stereocenters. The summed E-state index contributed by atoms with van der Waals surface area (Å²) in [6, 6.07) is 0.497. The van der Waals surface area contributed by atoms with Gasteiger partial charge in [-0.2, -0.15) is 0 Å². The third-order valence-corrected chi connectivity index (χ3v) is 6.09. The smallest absolute Gasteiger partial charge is 0.191 e. The lowest BCUT2D eigenvalue weighted by molar-refractivity contribution is 0.0768. The van der Waals surface area contributed by atoms with Crippen molar-refractivity contribution in [2.24, 2.45) is 4.99 Å². The minimum absolute atomic E-state index is 0.303. The summed E-state index contributed by atoms with van der Waals surface area (Å²) in [6.45, 7) is 4.07. The molecule has 1 aliphatic carbocycles. The first-order chi connectivity index (χ1) is 9.47. The topological polar surface area (TPSA) is 79.8 Å². The molecule has 1 aliphatic heterocycles. The Balaban J connectivity index is 2.09. The molecule has 1 heterocycles. The van der Waals surface area contributed by atoms with Crippen LogP contribution in [0.1, 0.15) is 32.6 Å². The zero-order chi connectivity index (χ0) is 14.6. The molecule has 2 fully saturated rings. The number of hydrogen-bond acceptors (Lipinski definition) is 4. The summed E-state index contributed by atoms with van der Waals surface area (Å²) in [5, 5.41) is 6.49. The van der Waals surface area contributed by atoms with Crippen LogP contribution in [0.4, 0.5) is 0 Å². The minimum Gasteiger partial charge on any atom is -0.381 e. The van der Waals surface area contributed by atoms with Gasteiger partial charge in [0.15, 0.2) is 15.8 Å². The first-order valence-corrected chi connectivity index (χ1v) is 9.18. The van der Waals surface area contributed by atoms with Crippen LogP contribution in [-0.2, 0) is 14.6 Å². The quantitative estimate of drug-likeness (QED) is 0.564. The van der Waals surface area contributed by atoms with Crippen LogP contribution in [0.15, 0.2) is 4.99 Å². The van der Waals surface area contributed by atoms with Gasteiger partial charge < -0.3 is 15.4 Å². The van der Waals surface area contributed by atoms with E-state index in [1.807, 2.05) is 6.92 Å². The highest BCUT2D eigenvalue weighted by Crippen LogP contribution is 2.29. The molecule has 0 bridgehead atoms. The minimum atomic E-state index is -3.15. The van der Waals surface area contributed by atoms with Crippen molar-refractivity contribution in [3.8, 4) is 0 Å². The highest BCUT2D eigenvalue weighted by atomic mass is 32.2. The fourth-order valence-electron chi connectivity index (χ4n) is 2.35. The van der Waals surface area contributed by atoms with E-state index in [2.05, 4.69) is 15.6 Å². The lowest BCUT2D eigenvalue weighted by Gasteiger charge is -2.34. The van der Waals surface area contributed by atoms with Crippen molar-refractivity contribution in [2.45, 2.75) is 43.4 Å². The Kier molecular flexibility index (Phi) is 4.90. The van der Waals surface area contributed by atoms with Crippen molar-refractivity contribution >= 4 is 15.8 Å². The molecule has 2 rings (SSSR count). The Morgan fingerprint density at radius 3 is 2.50 bits per heavy atom. The monoisotopic (exact) mass is 303 g/mol. The molecule has 116 valence electrons. The lowest BCUT2D eigenvalue weighted by Crippen LogP contribution is -2.47. The molecule has 6 nitrogen and oxygen atoms in total. The Morgan fingerprint density at radius 2 is 2.00 bits per heavy atom. The predicted molar refractivity (Wildman–Crippen MR) is 79.8 cm³/mol. The number of sulfone groups is 1. The highest BCUT2D eigenvalue weighted by Gasteiger charge is 2.42. The molecule has 0 aromatic rings. The van der Waals surface area contributed by atoms with Crippen LogP contribution >= 0.6 is 0 Å². The van der Waals surface area contributed by atoms with Gasteiger partial charge in [0.1, 0.15) is 0 Å². The number of nitrogens with zero attached hydrogens (tertiary/aromatic N) is 1. The molecule has 0 aromatic heterocycles. The van der Waals surface area contributed by atoms with Crippen LogP contribution in [-0.4, -0.2) is 57.7 Å². The molecule has 20 heavy (non-hydrogen) atoms. The van der Waals surface area contributed by atoms with Gasteiger partial charge in [0.05, 0.1) is 11.3 Å². The predicted octanol–water partition coefficient (Wildman–Crippen LogP) is 0.298. The maximum absolute atomic E-state index is 12.1. The summed E-state index contributed by atoms with van der Waals surface area (Å²) in [5.41, 5.74) is 0. The standard InChI is InChI=1S/C13H25N3O3S/c1-3-14-12(16-11-4-5-11)15-10-13(20(2,17)18)6-8-19-9-7-13/h11H,3-10H2,1-2H3,(H2,14,15,16). The first kappa shape index (κ1) is 15.6. The summed E-state index contributed by atoms with van der Waals surface area (Å²) < 4.78 is 28.8. The third-order valence-electron chi connectivity index (χ3n) is 3.98. The largest absolute Gasteiger partial charge is 0.381 e. The lowest BCUT2D eigenvalue weighted by atomic mass is 9.99. The van der Waals surface area contributed by atoms with Crippen molar-refractivity contribution in [3.63, 3.8) is 0 Å². The van der Waals surface area contributed by atoms with Gasteiger partial charge in [0, 0.05) is 32.1 Å². The van der Waals surface area contributed by atoms with E-state index in [0.717, 1.165) is 25.3 Å². The Bertz CT molecular complexity index is 451. The molecular formula is C13H25N3O3S. The van der Waals surface area contributed by atoms with Gasteiger partial charge in [-0.1, -0.05) is 0 Å². The molecule has 1 saturated carbocycles. The van der Waals surface area contributed by atoms with E-state index in [0.29, 0.717) is 38.6 Å². The van der Waals surface area contributed by atoms with Crippen molar-refractivity contribution < 1.29 is 13.2 Å². The van der Waals surface area contributed by atoms with E-state index < -0.39 is 14.6 Å². The molecule has 0 spiro atoms. The van der Waals surface area contributed by atoms with Crippen LogP contribution in [0.3, 0.4) is 0 Å². The van der Waals surface area contributed by atoms with Crippen LogP contribution in [0.25, 0.3) is 0 Å². The normalized spacial score (nSPS) is 23.4. The van der Waals surface area contributed by atoms with Gasteiger partial charge in [0.25, 0.3) is 0 Å². The Hall–Kier alpha value is -0.820. The van der Waals surface area contributed by atoms with Crippen molar-refractivity contribution in [3.05, 3.63) is 0 Å². The average Bonchev–Trinajstić information content (AvgIpc) is 3.20. The van der Waals surface area contributed by atoms with Gasteiger partial charge in [0.2, 0.25) is 0 Å². The van der Waals surface area contributed by atoms with E-state index >= 15 is 0 Å². The summed E-state index contributed by atoms with van der Waals surface area (Å²) in [5.74, 6) is 0.726. The van der Waals surface area contributed by atoms with E-state index in [-0.39, 0.29) is 0 Å². The van der Waals surface area contributed by atoms with Crippen molar-refractivity contribution in [2.75, 3.05) is 32.6 Å². The van der Waals surface area contributed by atoms with Crippen LogP contribution in [0.2, 0.25) is 0 Å². The van der Waals surface area contributed by atoms with Crippen LogP contribution in [0.5, 0.6) is 0 Å². The maximum atomic E-state index is 12.1. The maximum Gasteiger partial charge on any atom is 0.191 e. The number of ether oxygens (including phenoxy) is 1. The molecule has 0 amide bonds. The second kappa shape index (κ2) is 6.30. The van der Waals surface area contributed by atoms with Gasteiger partial charge in [-0.15, -0.1) is 0 Å². The number of guanidine groups is 1. The second-order valence-electron chi connectivity index (χ2n) is 5.68. The van der Waals surface area contributed by atoms with Gasteiger partial charge in [-0.25, -0.2) is 8.42 Å². The summed E-state index contributed by atoms with van der Waals surface area (Å²) in [4.78, 5) is 4.52. The van der Waals surface area contributed by atoms with Gasteiger partial charge in [-0.3, -0.25) is 4.99 Å². The molecule has 7 heteroatoms. The fourth-order valence-corrected chi connectivity index (χ4v) is 3.56. The van der Waals surface area contributed by atoms with Crippen LogP contribution in [0, 0.1) is 0 Å². The molecule has 0 aromatic carbocycles. The summed E-state index contributed by atoms with van der Waals surface area (Å²) in [7, 11) is -3.15. The summed E-state index contributed by atoms with van der Waals surface area (Å²) >= 11 is 0. The zero-order valence-electron chi connectivity index (χ0n) is 12.3. The van der Waals surface area contributed by atoms with E-state index in [1.165, 1.54) is 6.26 Å². The molecule has 2 N–H and O–H groups in total. The molecule has 2 aliphatic rings. The number of nitrogens with one attached hydrogen (secondary N) is 2. The Labute approximate surface area is 121 Å². The fraction of sp³-hybridized carbons (Fsp3) is 0.923. The Morgan fingerprint density at radius 1 is 1.35 bits per heavy atom. The third kappa shape index (κ3) is 3.85. The molecule has 1 saturated heterocycles. The summed E-state index contributed by atoms with van der Waals surface area (Å²) in [6.07, 6.45) is 4.69. The molecule has 0 radical (unpaired) electrons. The van der Waals surface area contributed by atoms with E-state index in [4.69, 9.17) is 4.74 Å². The number of hydrogen-bond donors (Lipinski definition) is 2. The highest BCUT2D eigenvalue weighted by molar-refractivity contribution is 7.92. The molecular weight excluding hydrogens is 278 g/mol. The van der Waals surface area contributed by atoms with Gasteiger partial charge in [-0.05, 0) is 32.6 Å². The average molecular weight is 303 g/mol. The number of aliphatic imine (C=N–C) groups is 1. The van der Waals surface area contributed by atoms with Crippen molar-refractivity contribution in [1.29, 1.82) is 0 Å². The zero-order valence-corrected chi connectivity index (χ0v) is 13.1. The van der Waals surface area contributed by atoms with Crippen LogP contribution < -0.4 is 10.6 Å².